The lowest BCUT2D eigenvalue weighted by molar-refractivity contribution is -0.196. The summed E-state index contributed by atoms with van der Waals surface area (Å²) in [6, 6.07) is 0. The number of Topliss-reactive ketones (excluding diaryl/α,β-unsaturated/α-hetero) is 1. The molecular formula is C10H16O2. The highest BCUT2D eigenvalue weighted by molar-refractivity contribution is 5.89. The molecule has 3 rings (SSSR count). The Morgan fingerprint density at radius 3 is 2.33 bits per heavy atom. The predicted octanol–water partition coefficient (Wildman–Crippen LogP) is 1.37. The van der Waals surface area contributed by atoms with E-state index in [4.69, 9.17) is 0 Å². The molecule has 3 saturated carbocycles. The molecule has 0 aromatic rings. The smallest absolute Gasteiger partial charge is 0.164 e. The van der Waals surface area contributed by atoms with Crippen LogP contribution in [0.25, 0.3) is 0 Å². The number of carbonyl (C=O) groups is 1. The number of hydrogen-bond donors (Lipinski definition) is 1. The Balaban J connectivity index is 2.33. The molecule has 0 aromatic heterocycles. The second kappa shape index (κ2) is 1.92. The maximum absolute atomic E-state index is 11.4. The first-order valence-corrected chi connectivity index (χ1v) is 4.62. The van der Waals surface area contributed by atoms with Crippen molar-refractivity contribution in [1.82, 2.24) is 0 Å². The minimum absolute atomic E-state index is 0.0445. The minimum Gasteiger partial charge on any atom is -0.382 e. The SMILES string of the molecule is CC1(C)C2CC(=O)[C@](C)(O)C1C2. The largest absolute Gasteiger partial charge is 0.382 e. The molecule has 0 spiro atoms. The topological polar surface area (TPSA) is 37.3 Å². The first-order chi connectivity index (χ1) is 5.37. The van der Waals surface area contributed by atoms with Crippen LogP contribution in [-0.4, -0.2) is 16.5 Å². The molecule has 3 aliphatic rings. The van der Waals surface area contributed by atoms with E-state index >= 15 is 0 Å². The van der Waals surface area contributed by atoms with Gasteiger partial charge in [0.15, 0.2) is 5.78 Å². The highest BCUT2D eigenvalue weighted by atomic mass is 16.3. The molecule has 3 aliphatic carbocycles. The fourth-order valence-corrected chi connectivity index (χ4v) is 2.94. The van der Waals surface area contributed by atoms with E-state index in [9.17, 15) is 9.90 Å². The average molecular weight is 168 g/mol. The van der Waals surface area contributed by atoms with Gasteiger partial charge in [-0.25, -0.2) is 0 Å². The zero-order chi connectivity index (χ0) is 9.15. The summed E-state index contributed by atoms with van der Waals surface area (Å²) in [5.41, 5.74) is -0.865. The molecule has 0 saturated heterocycles. The van der Waals surface area contributed by atoms with Gasteiger partial charge in [0, 0.05) is 12.3 Å². The maximum atomic E-state index is 11.4. The third-order valence-electron chi connectivity index (χ3n) is 4.15. The van der Waals surface area contributed by atoms with Gasteiger partial charge in [-0.2, -0.15) is 0 Å². The standard InChI is InChI=1S/C10H16O2/c1-9(2)6-4-7(9)10(3,12)8(11)5-6/h6-7,12H,4-5H2,1-3H3/t6?,7?,10-/m1/s1. The Morgan fingerprint density at radius 2 is 2.00 bits per heavy atom. The van der Waals surface area contributed by atoms with Gasteiger partial charge in [-0.05, 0) is 24.7 Å². The van der Waals surface area contributed by atoms with E-state index in [0.717, 1.165) is 6.42 Å². The summed E-state index contributed by atoms with van der Waals surface area (Å²) in [7, 11) is 0. The van der Waals surface area contributed by atoms with Gasteiger partial charge < -0.3 is 5.11 Å². The van der Waals surface area contributed by atoms with Gasteiger partial charge in [0.2, 0.25) is 0 Å². The monoisotopic (exact) mass is 168 g/mol. The summed E-state index contributed by atoms with van der Waals surface area (Å²) in [6.07, 6.45) is 1.61. The van der Waals surface area contributed by atoms with Crippen molar-refractivity contribution in [1.29, 1.82) is 0 Å². The van der Waals surface area contributed by atoms with Gasteiger partial charge in [0.25, 0.3) is 0 Å². The fraction of sp³-hybridized carbons (Fsp3) is 0.900. The summed E-state index contributed by atoms with van der Waals surface area (Å²) in [5, 5.41) is 9.94. The molecule has 0 amide bonds. The predicted molar refractivity (Wildman–Crippen MR) is 45.6 cm³/mol. The van der Waals surface area contributed by atoms with Gasteiger partial charge in [-0.3, -0.25) is 4.79 Å². The summed E-state index contributed by atoms with van der Waals surface area (Å²) < 4.78 is 0. The Bertz CT molecular complexity index is 240. The summed E-state index contributed by atoms with van der Waals surface area (Å²) in [6.45, 7) is 6.00. The Morgan fingerprint density at radius 1 is 1.42 bits per heavy atom. The molecule has 2 bridgehead atoms. The van der Waals surface area contributed by atoms with Gasteiger partial charge in [-0.15, -0.1) is 0 Å². The number of fused-ring (bicyclic) bond motifs is 2. The molecule has 68 valence electrons. The van der Waals surface area contributed by atoms with Crippen LogP contribution >= 0.6 is 0 Å². The van der Waals surface area contributed by atoms with Crippen molar-refractivity contribution in [2.75, 3.05) is 0 Å². The van der Waals surface area contributed by atoms with Crippen molar-refractivity contribution in [2.24, 2.45) is 17.3 Å². The van der Waals surface area contributed by atoms with Crippen LogP contribution in [0.15, 0.2) is 0 Å². The lowest BCUT2D eigenvalue weighted by Gasteiger charge is -2.61. The van der Waals surface area contributed by atoms with Gasteiger partial charge in [0.1, 0.15) is 5.60 Å². The number of ketones is 1. The van der Waals surface area contributed by atoms with Crippen LogP contribution in [0, 0.1) is 17.3 Å². The van der Waals surface area contributed by atoms with E-state index in [1.165, 1.54) is 0 Å². The van der Waals surface area contributed by atoms with E-state index in [1.54, 1.807) is 6.92 Å². The van der Waals surface area contributed by atoms with E-state index in [-0.39, 0.29) is 17.1 Å². The van der Waals surface area contributed by atoms with Crippen molar-refractivity contribution in [3.8, 4) is 0 Å². The van der Waals surface area contributed by atoms with Crippen LogP contribution in [0.1, 0.15) is 33.6 Å². The van der Waals surface area contributed by atoms with Gasteiger partial charge >= 0.3 is 0 Å². The van der Waals surface area contributed by atoms with Crippen molar-refractivity contribution in [2.45, 2.75) is 39.2 Å². The van der Waals surface area contributed by atoms with E-state index in [2.05, 4.69) is 13.8 Å². The van der Waals surface area contributed by atoms with Crippen molar-refractivity contribution >= 4 is 5.78 Å². The van der Waals surface area contributed by atoms with Gasteiger partial charge in [0.05, 0.1) is 0 Å². The van der Waals surface area contributed by atoms with Gasteiger partial charge in [-0.1, -0.05) is 13.8 Å². The Hall–Kier alpha value is -0.370. The number of rotatable bonds is 0. The molecule has 1 N–H and O–H groups in total. The molecule has 0 heterocycles. The van der Waals surface area contributed by atoms with Crippen LogP contribution in [-0.2, 0) is 4.79 Å². The summed E-state index contributed by atoms with van der Waals surface area (Å²) in [4.78, 5) is 11.4. The molecular weight excluding hydrogens is 152 g/mol. The number of carbonyl (C=O) groups excluding carboxylic acids is 1. The summed E-state index contributed by atoms with van der Waals surface area (Å²) >= 11 is 0. The van der Waals surface area contributed by atoms with Crippen molar-refractivity contribution in [3.05, 3.63) is 0 Å². The first kappa shape index (κ1) is 8.24. The molecule has 2 heteroatoms. The van der Waals surface area contributed by atoms with Crippen LogP contribution in [0.2, 0.25) is 0 Å². The molecule has 12 heavy (non-hydrogen) atoms. The number of aliphatic hydroxyl groups is 1. The van der Waals surface area contributed by atoms with Crippen molar-refractivity contribution in [3.63, 3.8) is 0 Å². The van der Waals surface area contributed by atoms with Crippen LogP contribution in [0.3, 0.4) is 0 Å². The van der Waals surface area contributed by atoms with Crippen LogP contribution in [0.5, 0.6) is 0 Å². The third kappa shape index (κ3) is 0.717. The Labute approximate surface area is 73.0 Å². The van der Waals surface area contributed by atoms with Crippen molar-refractivity contribution < 1.29 is 9.90 Å². The normalized spacial score (nSPS) is 50.2. The molecule has 0 aromatic carbocycles. The second-order valence-electron chi connectivity index (χ2n) is 5.08. The van der Waals surface area contributed by atoms with E-state index in [1.807, 2.05) is 0 Å². The highest BCUT2D eigenvalue weighted by Crippen LogP contribution is 2.61. The van der Waals surface area contributed by atoms with E-state index in [0.29, 0.717) is 12.3 Å². The Kier molecular flexibility index (Phi) is 1.32. The number of hydrogen-bond acceptors (Lipinski definition) is 2. The minimum atomic E-state index is -1.04. The zero-order valence-corrected chi connectivity index (χ0v) is 7.92. The maximum Gasteiger partial charge on any atom is 0.164 e. The average Bonchev–Trinajstić information content (AvgIpc) is 1.93. The molecule has 3 atom stereocenters. The molecule has 0 aliphatic heterocycles. The van der Waals surface area contributed by atoms with Crippen LogP contribution in [0.4, 0.5) is 0 Å². The molecule has 2 unspecified atom stereocenters. The summed E-state index contributed by atoms with van der Waals surface area (Å²) in [5.74, 6) is 0.759. The lowest BCUT2D eigenvalue weighted by Crippen LogP contribution is -2.64. The van der Waals surface area contributed by atoms with Crippen LogP contribution < -0.4 is 0 Å². The highest BCUT2D eigenvalue weighted by Gasteiger charge is 2.62. The quantitative estimate of drug-likeness (QED) is 0.593. The third-order valence-corrected chi connectivity index (χ3v) is 4.15. The first-order valence-electron chi connectivity index (χ1n) is 4.62. The molecule has 0 radical (unpaired) electrons. The fourth-order valence-electron chi connectivity index (χ4n) is 2.94. The zero-order valence-electron chi connectivity index (χ0n) is 7.92. The molecule has 3 fully saturated rings. The lowest BCUT2D eigenvalue weighted by atomic mass is 9.44. The van der Waals surface area contributed by atoms with E-state index < -0.39 is 5.60 Å². The second-order valence-corrected chi connectivity index (χ2v) is 5.08. The molecule has 2 nitrogen and oxygen atoms in total.